The summed E-state index contributed by atoms with van der Waals surface area (Å²) in [5.41, 5.74) is 0.738. The molecule has 0 aliphatic heterocycles. The maximum atomic E-state index is 11.1. The lowest BCUT2D eigenvalue weighted by Crippen LogP contribution is -2.24. The van der Waals surface area contributed by atoms with Gasteiger partial charge in [-0.05, 0) is 24.6 Å². The fourth-order valence-electron chi connectivity index (χ4n) is 0.962. The van der Waals surface area contributed by atoms with Gasteiger partial charge in [-0.3, -0.25) is 0 Å². The lowest BCUT2D eigenvalue weighted by molar-refractivity contribution is 0.474. The molecule has 14 heavy (non-hydrogen) atoms. The Hall–Kier alpha value is -1.07. The summed E-state index contributed by atoms with van der Waals surface area (Å²) in [6.07, 6.45) is 0. The molecule has 0 saturated carbocycles. The molecule has 0 fully saturated rings. The van der Waals surface area contributed by atoms with Gasteiger partial charge in [-0.15, -0.1) is 0 Å². The van der Waals surface area contributed by atoms with Crippen molar-refractivity contribution >= 4 is 10.0 Å². The van der Waals surface area contributed by atoms with E-state index in [0.717, 1.165) is 5.56 Å². The zero-order valence-electron chi connectivity index (χ0n) is 7.90. The lowest BCUT2D eigenvalue weighted by Gasteiger charge is -2.04. The summed E-state index contributed by atoms with van der Waals surface area (Å²) in [6.45, 7) is 1.79. The van der Waals surface area contributed by atoms with Crippen LogP contribution < -0.4 is 4.72 Å². The van der Waals surface area contributed by atoms with Crippen LogP contribution in [0.5, 0.6) is 5.75 Å². The Labute approximate surface area is 83.6 Å². The maximum Gasteiger partial charge on any atom is 0.211 e. The molecule has 0 aromatic heterocycles. The quantitative estimate of drug-likeness (QED) is 0.781. The molecule has 1 aromatic rings. The molecule has 1 rings (SSSR count). The fourth-order valence-corrected chi connectivity index (χ4v) is 1.55. The zero-order valence-corrected chi connectivity index (χ0v) is 8.71. The standard InChI is InChI=1S/C9H13NO3S/c1-2-14(12,13)10-7-8-4-3-5-9(11)6-8/h3-6,10-11H,2,7H2,1H3. The monoisotopic (exact) mass is 215 g/mol. The van der Waals surface area contributed by atoms with Crippen LogP contribution in [-0.4, -0.2) is 19.3 Å². The number of rotatable bonds is 4. The second kappa shape index (κ2) is 4.43. The normalized spacial score (nSPS) is 11.5. The summed E-state index contributed by atoms with van der Waals surface area (Å²) >= 11 is 0. The van der Waals surface area contributed by atoms with E-state index >= 15 is 0 Å². The van der Waals surface area contributed by atoms with Gasteiger partial charge in [0.2, 0.25) is 10.0 Å². The zero-order chi connectivity index (χ0) is 10.6. The molecule has 0 radical (unpaired) electrons. The average molecular weight is 215 g/mol. The van der Waals surface area contributed by atoms with Crippen LogP contribution in [-0.2, 0) is 16.6 Å². The molecule has 0 unspecified atom stereocenters. The van der Waals surface area contributed by atoms with Gasteiger partial charge in [-0.1, -0.05) is 12.1 Å². The number of aromatic hydroxyl groups is 1. The largest absolute Gasteiger partial charge is 0.508 e. The summed E-state index contributed by atoms with van der Waals surface area (Å²) in [7, 11) is -3.16. The van der Waals surface area contributed by atoms with Crippen molar-refractivity contribution in [1.29, 1.82) is 0 Å². The molecule has 0 spiro atoms. The first-order valence-electron chi connectivity index (χ1n) is 4.29. The van der Waals surface area contributed by atoms with Crippen molar-refractivity contribution in [2.45, 2.75) is 13.5 Å². The van der Waals surface area contributed by atoms with Gasteiger partial charge in [0.1, 0.15) is 5.75 Å². The Balaban J connectivity index is 2.63. The Morgan fingerprint density at radius 3 is 2.71 bits per heavy atom. The molecule has 2 N–H and O–H groups in total. The molecule has 0 atom stereocenters. The number of nitrogens with one attached hydrogen (secondary N) is 1. The second-order valence-electron chi connectivity index (χ2n) is 2.89. The molecule has 0 heterocycles. The van der Waals surface area contributed by atoms with Gasteiger partial charge in [0.25, 0.3) is 0 Å². The van der Waals surface area contributed by atoms with Crippen molar-refractivity contribution in [3.8, 4) is 5.75 Å². The molecular weight excluding hydrogens is 202 g/mol. The predicted molar refractivity (Wildman–Crippen MR) is 54.4 cm³/mol. The molecule has 0 amide bonds. The van der Waals surface area contributed by atoms with Crippen LogP contribution in [0.25, 0.3) is 0 Å². The van der Waals surface area contributed by atoms with Gasteiger partial charge >= 0.3 is 0 Å². The molecule has 0 saturated heterocycles. The van der Waals surface area contributed by atoms with Crippen molar-refractivity contribution in [3.63, 3.8) is 0 Å². The van der Waals surface area contributed by atoms with Crippen molar-refractivity contribution < 1.29 is 13.5 Å². The SMILES string of the molecule is CCS(=O)(=O)NCc1cccc(O)c1. The molecule has 0 aliphatic carbocycles. The topological polar surface area (TPSA) is 66.4 Å². The number of sulfonamides is 1. The third-order valence-electron chi connectivity index (χ3n) is 1.79. The summed E-state index contributed by atoms with van der Waals surface area (Å²) in [4.78, 5) is 0. The summed E-state index contributed by atoms with van der Waals surface area (Å²) < 4.78 is 24.6. The third-order valence-corrected chi connectivity index (χ3v) is 3.13. The molecule has 1 aromatic carbocycles. The van der Waals surface area contributed by atoms with Gasteiger partial charge in [-0.25, -0.2) is 13.1 Å². The molecular formula is C9H13NO3S. The first kappa shape index (κ1) is 11.0. The Bertz CT molecular complexity index is 400. The number of phenols is 1. The summed E-state index contributed by atoms with van der Waals surface area (Å²) in [6, 6.07) is 6.48. The van der Waals surface area contributed by atoms with Gasteiger partial charge in [0.15, 0.2) is 0 Å². The van der Waals surface area contributed by atoms with E-state index in [4.69, 9.17) is 5.11 Å². The van der Waals surface area contributed by atoms with Crippen molar-refractivity contribution in [3.05, 3.63) is 29.8 Å². The van der Waals surface area contributed by atoms with E-state index in [-0.39, 0.29) is 18.0 Å². The number of hydrogen-bond acceptors (Lipinski definition) is 3. The first-order chi connectivity index (χ1) is 6.53. The minimum Gasteiger partial charge on any atom is -0.508 e. The third kappa shape index (κ3) is 3.35. The van der Waals surface area contributed by atoms with E-state index in [2.05, 4.69) is 4.72 Å². The van der Waals surface area contributed by atoms with Gasteiger partial charge in [0.05, 0.1) is 5.75 Å². The highest BCUT2D eigenvalue weighted by Crippen LogP contribution is 2.10. The van der Waals surface area contributed by atoms with Crippen LogP contribution in [0.2, 0.25) is 0 Å². The molecule has 4 nitrogen and oxygen atoms in total. The molecule has 5 heteroatoms. The average Bonchev–Trinajstić information content (AvgIpc) is 2.15. The van der Waals surface area contributed by atoms with Crippen LogP contribution in [0.3, 0.4) is 0 Å². The van der Waals surface area contributed by atoms with Crippen LogP contribution in [0.4, 0.5) is 0 Å². The Kier molecular flexibility index (Phi) is 3.49. The van der Waals surface area contributed by atoms with E-state index in [1.807, 2.05) is 0 Å². The minimum absolute atomic E-state index is 0.0613. The number of hydrogen-bond donors (Lipinski definition) is 2. The smallest absolute Gasteiger partial charge is 0.211 e. The van der Waals surface area contributed by atoms with E-state index in [1.165, 1.54) is 12.1 Å². The Morgan fingerprint density at radius 2 is 2.14 bits per heavy atom. The van der Waals surface area contributed by atoms with Gasteiger partial charge in [-0.2, -0.15) is 0 Å². The highest BCUT2D eigenvalue weighted by Gasteiger charge is 2.05. The van der Waals surface area contributed by atoms with E-state index in [1.54, 1.807) is 19.1 Å². The van der Waals surface area contributed by atoms with Crippen molar-refractivity contribution in [2.24, 2.45) is 0 Å². The molecule has 78 valence electrons. The Morgan fingerprint density at radius 1 is 1.43 bits per heavy atom. The molecule has 0 aliphatic rings. The van der Waals surface area contributed by atoms with Crippen LogP contribution in [0.1, 0.15) is 12.5 Å². The number of benzene rings is 1. The second-order valence-corrected chi connectivity index (χ2v) is 4.99. The van der Waals surface area contributed by atoms with Crippen molar-refractivity contribution in [2.75, 3.05) is 5.75 Å². The van der Waals surface area contributed by atoms with Crippen LogP contribution in [0, 0.1) is 0 Å². The lowest BCUT2D eigenvalue weighted by atomic mass is 10.2. The highest BCUT2D eigenvalue weighted by molar-refractivity contribution is 7.89. The summed E-state index contributed by atoms with van der Waals surface area (Å²) in [5.74, 6) is 0.199. The highest BCUT2D eigenvalue weighted by atomic mass is 32.2. The maximum absolute atomic E-state index is 11.1. The minimum atomic E-state index is -3.16. The van der Waals surface area contributed by atoms with Crippen molar-refractivity contribution in [1.82, 2.24) is 4.72 Å². The van der Waals surface area contributed by atoms with Gasteiger partial charge < -0.3 is 5.11 Å². The van der Waals surface area contributed by atoms with E-state index in [0.29, 0.717) is 0 Å². The predicted octanol–water partition coefficient (Wildman–Crippen LogP) is 0.831. The van der Waals surface area contributed by atoms with Crippen LogP contribution >= 0.6 is 0 Å². The van der Waals surface area contributed by atoms with Crippen LogP contribution in [0.15, 0.2) is 24.3 Å². The van der Waals surface area contributed by atoms with E-state index in [9.17, 15) is 8.42 Å². The fraction of sp³-hybridized carbons (Fsp3) is 0.333. The molecule has 0 bridgehead atoms. The summed E-state index contributed by atoms with van der Waals surface area (Å²) in [5, 5.41) is 9.12. The first-order valence-corrected chi connectivity index (χ1v) is 5.94. The number of phenolic OH excluding ortho intramolecular Hbond substituents is 1. The van der Waals surface area contributed by atoms with Gasteiger partial charge in [0, 0.05) is 6.54 Å². The van der Waals surface area contributed by atoms with E-state index < -0.39 is 10.0 Å².